The van der Waals surface area contributed by atoms with Gasteiger partial charge in [0.25, 0.3) is 5.91 Å². The third kappa shape index (κ3) is 3.55. The SMILES string of the molecule is CCOc1cc2c(cc1OCC)C(C)N(C(=O)c1nc3ccc(C)cc3[nH]1)CC2. The van der Waals surface area contributed by atoms with Gasteiger partial charge < -0.3 is 19.4 Å². The third-order valence-corrected chi connectivity index (χ3v) is 5.45. The summed E-state index contributed by atoms with van der Waals surface area (Å²) in [4.78, 5) is 22.8. The molecule has 1 aromatic heterocycles. The van der Waals surface area contributed by atoms with Gasteiger partial charge in [0, 0.05) is 6.54 Å². The van der Waals surface area contributed by atoms with Gasteiger partial charge in [0.1, 0.15) is 0 Å². The predicted octanol–water partition coefficient (Wildman–Crippen LogP) is 4.43. The second-order valence-corrected chi connectivity index (χ2v) is 7.39. The predicted molar refractivity (Wildman–Crippen MR) is 113 cm³/mol. The Morgan fingerprint density at radius 1 is 1.17 bits per heavy atom. The standard InChI is InChI=1S/C23H27N3O3/c1-5-28-20-12-16-9-10-26(15(4)17(16)13-21(20)29-6-2)23(27)22-24-18-8-7-14(3)11-19(18)25-22/h7-8,11-13,15H,5-6,9-10H2,1-4H3,(H,24,25). The Hall–Kier alpha value is -3.02. The van der Waals surface area contributed by atoms with Gasteiger partial charge in [-0.1, -0.05) is 6.07 Å². The monoisotopic (exact) mass is 393 g/mol. The molecule has 2 heterocycles. The zero-order valence-electron chi connectivity index (χ0n) is 17.4. The van der Waals surface area contributed by atoms with Gasteiger partial charge in [0.15, 0.2) is 17.3 Å². The number of amides is 1. The number of benzene rings is 2. The minimum Gasteiger partial charge on any atom is -0.490 e. The minimum absolute atomic E-state index is 0.0731. The molecule has 1 N–H and O–H groups in total. The second-order valence-electron chi connectivity index (χ2n) is 7.39. The first kappa shape index (κ1) is 19.3. The summed E-state index contributed by atoms with van der Waals surface area (Å²) in [6.45, 7) is 9.79. The number of aromatic nitrogens is 2. The van der Waals surface area contributed by atoms with Crippen molar-refractivity contribution in [2.24, 2.45) is 0 Å². The van der Waals surface area contributed by atoms with Gasteiger partial charge in [-0.2, -0.15) is 0 Å². The van der Waals surface area contributed by atoms with Crippen molar-refractivity contribution in [3.8, 4) is 11.5 Å². The molecule has 2 aromatic carbocycles. The highest BCUT2D eigenvalue weighted by Gasteiger charge is 2.31. The van der Waals surface area contributed by atoms with Crippen molar-refractivity contribution >= 4 is 16.9 Å². The lowest BCUT2D eigenvalue weighted by Gasteiger charge is -2.35. The van der Waals surface area contributed by atoms with Crippen molar-refractivity contribution in [2.45, 2.75) is 40.2 Å². The number of carbonyl (C=O) groups is 1. The van der Waals surface area contributed by atoms with Gasteiger partial charge in [-0.05, 0) is 75.1 Å². The molecule has 3 aromatic rings. The summed E-state index contributed by atoms with van der Waals surface area (Å²) < 4.78 is 11.5. The fourth-order valence-corrected chi connectivity index (χ4v) is 4.00. The number of hydrogen-bond donors (Lipinski definition) is 1. The number of nitrogens with one attached hydrogen (secondary N) is 1. The van der Waals surface area contributed by atoms with Crippen LogP contribution in [-0.4, -0.2) is 40.5 Å². The molecular weight excluding hydrogens is 366 g/mol. The van der Waals surface area contributed by atoms with Gasteiger partial charge in [-0.15, -0.1) is 0 Å². The number of rotatable bonds is 5. The number of aromatic amines is 1. The van der Waals surface area contributed by atoms with Crippen LogP contribution >= 0.6 is 0 Å². The molecule has 0 spiro atoms. The van der Waals surface area contributed by atoms with Crippen molar-refractivity contribution in [3.63, 3.8) is 0 Å². The van der Waals surface area contributed by atoms with Crippen LogP contribution in [0.3, 0.4) is 0 Å². The van der Waals surface area contributed by atoms with Crippen molar-refractivity contribution in [2.75, 3.05) is 19.8 Å². The van der Waals surface area contributed by atoms with Crippen LogP contribution in [0.5, 0.6) is 11.5 Å². The fourth-order valence-electron chi connectivity index (χ4n) is 4.00. The summed E-state index contributed by atoms with van der Waals surface area (Å²) in [6.07, 6.45) is 0.775. The lowest BCUT2D eigenvalue weighted by atomic mass is 9.92. The summed E-state index contributed by atoms with van der Waals surface area (Å²) in [6, 6.07) is 9.97. The lowest BCUT2D eigenvalue weighted by molar-refractivity contribution is 0.0666. The number of H-pyrrole nitrogens is 1. The molecule has 1 aliphatic heterocycles. The van der Waals surface area contributed by atoms with Crippen LogP contribution in [0.15, 0.2) is 30.3 Å². The van der Waals surface area contributed by atoms with Crippen LogP contribution in [0, 0.1) is 6.92 Å². The number of hydrogen-bond acceptors (Lipinski definition) is 4. The number of ether oxygens (including phenoxy) is 2. The molecule has 6 nitrogen and oxygen atoms in total. The van der Waals surface area contributed by atoms with Crippen LogP contribution in [0.25, 0.3) is 11.0 Å². The number of carbonyl (C=O) groups excluding carboxylic acids is 1. The Morgan fingerprint density at radius 3 is 2.62 bits per heavy atom. The van der Waals surface area contributed by atoms with Crippen LogP contribution in [-0.2, 0) is 6.42 Å². The highest BCUT2D eigenvalue weighted by atomic mass is 16.5. The van der Waals surface area contributed by atoms with E-state index >= 15 is 0 Å². The Kier molecular flexibility index (Phi) is 5.18. The summed E-state index contributed by atoms with van der Waals surface area (Å²) in [5.74, 6) is 1.81. The average Bonchev–Trinajstić information content (AvgIpc) is 3.12. The largest absolute Gasteiger partial charge is 0.490 e. The van der Waals surface area contributed by atoms with E-state index in [0.29, 0.717) is 25.6 Å². The molecule has 0 saturated carbocycles. The quantitative estimate of drug-likeness (QED) is 0.696. The average molecular weight is 393 g/mol. The van der Waals surface area contributed by atoms with Crippen LogP contribution in [0.2, 0.25) is 0 Å². The molecule has 0 bridgehead atoms. The summed E-state index contributed by atoms with van der Waals surface area (Å²) in [5, 5.41) is 0. The van der Waals surface area contributed by atoms with Crippen LogP contribution in [0.1, 0.15) is 54.1 Å². The van der Waals surface area contributed by atoms with Crippen molar-refractivity contribution in [3.05, 3.63) is 52.8 Å². The molecule has 0 fully saturated rings. The molecule has 1 atom stereocenters. The van der Waals surface area contributed by atoms with Crippen LogP contribution in [0.4, 0.5) is 0 Å². The topological polar surface area (TPSA) is 67.5 Å². The molecule has 0 radical (unpaired) electrons. The number of fused-ring (bicyclic) bond motifs is 2. The van der Waals surface area contributed by atoms with E-state index in [-0.39, 0.29) is 11.9 Å². The second kappa shape index (κ2) is 7.78. The molecular formula is C23H27N3O3. The van der Waals surface area contributed by atoms with Gasteiger partial charge in [-0.3, -0.25) is 4.79 Å². The summed E-state index contributed by atoms with van der Waals surface area (Å²) >= 11 is 0. The fraction of sp³-hybridized carbons (Fsp3) is 0.391. The number of imidazole rings is 1. The number of nitrogens with zero attached hydrogens (tertiary/aromatic N) is 2. The Morgan fingerprint density at radius 2 is 1.90 bits per heavy atom. The summed E-state index contributed by atoms with van der Waals surface area (Å²) in [5.41, 5.74) is 5.13. The van der Waals surface area contributed by atoms with E-state index in [1.807, 2.05) is 49.9 Å². The minimum atomic E-state index is -0.0798. The van der Waals surface area contributed by atoms with Crippen molar-refractivity contribution in [1.82, 2.24) is 14.9 Å². The molecule has 152 valence electrons. The van der Waals surface area contributed by atoms with Gasteiger partial charge in [0.05, 0.1) is 30.3 Å². The molecule has 1 amide bonds. The maximum atomic E-state index is 13.2. The Labute approximate surface area is 170 Å². The lowest BCUT2D eigenvalue weighted by Crippen LogP contribution is -2.39. The van der Waals surface area contributed by atoms with E-state index in [1.165, 1.54) is 5.56 Å². The van der Waals surface area contributed by atoms with Gasteiger partial charge >= 0.3 is 0 Å². The normalized spacial score (nSPS) is 16.0. The molecule has 6 heteroatoms. The van der Waals surface area contributed by atoms with Crippen LogP contribution < -0.4 is 9.47 Å². The Balaban J connectivity index is 1.65. The molecule has 29 heavy (non-hydrogen) atoms. The highest BCUT2D eigenvalue weighted by Crippen LogP contribution is 2.38. The zero-order valence-corrected chi connectivity index (χ0v) is 17.4. The zero-order chi connectivity index (χ0) is 20.5. The van der Waals surface area contributed by atoms with E-state index in [2.05, 4.69) is 23.0 Å². The first-order valence-electron chi connectivity index (χ1n) is 10.2. The first-order valence-corrected chi connectivity index (χ1v) is 10.2. The van der Waals surface area contributed by atoms with Gasteiger partial charge in [-0.25, -0.2) is 4.98 Å². The summed E-state index contributed by atoms with van der Waals surface area (Å²) in [7, 11) is 0. The van der Waals surface area contributed by atoms with Crippen molar-refractivity contribution < 1.29 is 14.3 Å². The molecule has 1 unspecified atom stereocenters. The van der Waals surface area contributed by atoms with E-state index in [9.17, 15) is 4.79 Å². The van der Waals surface area contributed by atoms with Crippen molar-refractivity contribution in [1.29, 1.82) is 0 Å². The third-order valence-electron chi connectivity index (χ3n) is 5.45. The first-order chi connectivity index (χ1) is 14.0. The van der Waals surface area contributed by atoms with E-state index in [0.717, 1.165) is 40.1 Å². The molecule has 4 rings (SSSR count). The maximum Gasteiger partial charge on any atom is 0.290 e. The van der Waals surface area contributed by atoms with E-state index in [4.69, 9.17) is 9.47 Å². The Bertz CT molecular complexity index is 1060. The molecule has 0 aliphatic carbocycles. The highest BCUT2D eigenvalue weighted by molar-refractivity contribution is 5.94. The smallest absolute Gasteiger partial charge is 0.290 e. The molecule has 1 aliphatic rings. The number of aryl methyl sites for hydroxylation is 1. The molecule has 0 saturated heterocycles. The van der Waals surface area contributed by atoms with E-state index < -0.39 is 0 Å². The van der Waals surface area contributed by atoms with Gasteiger partial charge in [0.2, 0.25) is 0 Å². The van der Waals surface area contributed by atoms with E-state index in [1.54, 1.807) is 0 Å². The maximum absolute atomic E-state index is 13.2.